The molecule has 2 fully saturated rings. The van der Waals surface area contributed by atoms with Crippen LogP contribution in [0.25, 0.3) is 27.8 Å². The number of hydrogen-bond acceptors (Lipinski definition) is 5. The Morgan fingerprint density at radius 2 is 1.73 bits per heavy atom. The normalized spacial score (nSPS) is 18.6. The van der Waals surface area contributed by atoms with Gasteiger partial charge in [-0.3, -0.25) is 9.59 Å². The van der Waals surface area contributed by atoms with Crippen LogP contribution in [0.5, 0.6) is 0 Å². The molecule has 204 valence electrons. The fourth-order valence-corrected chi connectivity index (χ4v) is 5.39. The summed E-state index contributed by atoms with van der Waals surface area (Å²) < 4.78 is 35.7. The lowest BCUT2D eigenvalue weighted by atomic mass is 9.74. The van der Waals surface area contributed by atoms with Gasteiger partial charge in [0, 0.05) is 30.1 Å². The van der Waals surface area contributed by atoms with E-state index < -0.39 is 35.6 Å². The van der Waals surface area contributed by atoms with E-state index in [2.05, 4.69) is 21.3 Å². The summed E-state index contributed by atoms with van der Waals surface area (Å²) in [5, 5.41) is 7.82. The molecule has 0 aliphatic heterocycles. The van der Waals surface area contributed by atoms with Gasteiger partial charge in [0.2, 0.25) is 5.92 Å². The van der Waals surface area contributed by atoms with Crippen molar-refractivity contribution < 1.29 is 22.8 Å². The number of carbonyl (C=O) groups is 2. The van der Waals surface area contributed by atoms with Gasteiger partial charge in [-0.2, -0.15) is 5.10 Å². The standard InChI is InChI=1S/C31H28F2N4O3/c1-3-29(10-11-29)18-27(38)30(12-14-31(32,33)15-13-30)35-28(39)26-17-23-5-4-22(16-25(23)40-26)21-6-8-24(9-7-21)37-19-34-20(2)36-37/h1,4-9,16-17,19H,10-15,18H2,2H3,(H,35,39). The number of nitrogens with one attached hydrogen (secondary N) is 1. The number of ketones is 1. The summed E-state index contributed by atoms with van der Waals surface area (Å²) in [5.74, 6) is -0.360. The van der Waals surface area contributed by atoms with Gasteiger partial charge in [-0.25, -0.2) is 18.4 Å². The number of fused-ring (bicyclic) bond motifs is 1. The predicted octanol–water partition coefficient (Wildman–Crippen LogP) is 6.04. The average Bonchev–Trinajstić information content (AvgIpc) is 3.36. The van der Waals surface area contributed by atoms with Gasteiger partial charge in [0.05, 0.1) is 11.2 Å². The lowest BCUT2D eigenvalue weighted by molar-refractivity contribution is -0.131. The molecule has 1 amide bonds. The Bertz CT molecular complexity index is 1650. The Kier molecular flexibility index (Phi) is 6.10. The molecule has 2 aliphatic carbocycles. The Hall–Kier alpha value is -4.32. The first-order valence-corrected chi connectivity index (χ1v) is 13.3. The summed E-state index contributed by atoms with van der Waals surface area (Å²) >= 11 is 0. The highest BCUT2D eigenvalue weighted by atomic mass is 19.3. The molecule has 0 bridgehead atoms. The molecule has 2 heterocycles. The molecule has 6 rings (SSSR count). The molecule has 2 saturated carbocycles. The predicted molar refractivity (Wildman–Crippen MR) is 145 cm³/mol. The van der Waals surface area contributed by atoms with Gasteiger partial charge in [-0.15, -0.1) is 6.42 Å². The smallest absolute Gasteiger partial charge is 0.287 e. The molecule has 2 aliphatic rings. The maximum Gasteiger partial charge on any atom is 0.287 e. The van der Waals surface area contributed by atoms with E-state index in [4.69, 9.17) is 10.8 Å². The molecule has 0 atom stereocenters. The summed E-state index contributed by atoms with van der Waals surface area (Å²) in [6.45, 7) is 1.83. The van der Waals surface area contributed by atoms with Crippen LogP contribution < -0.4 is 5.32 Å². The minimum absolute atomic E-state index is 0.0200. The zero-order valence-corrected chi connectivity index (χ0v) is 22.0. The molecule has 0 unspecified atom stereocenters. The number of terminal acetylenes is 1. The number of Topliss-reactive ketones (excluding diaryl/α,β-unsaturated/α-hetero) is 1. The summed E-state index contributed by atoms with van der Waals surface area (Å²) in [6, 6.07) is 15.0. The first kappa shape index (κ1) is 25.9. The third kappa shape index (κ3) is 4.90. The minimum atomic E-state index is -2.86. The van der Waals surface area contributed by atoms with Crippen LogP contribution in [0.4, 0.5) is 8.78 Å². The largest absolute Gasteiger partial charge is 0.451 e. The van der Waals surface area contributed by atoms with Crippen LogP contribution in [-0.2, 0) is 4.79 Å². The van der Waals surface area contributed by atoms with Crippen molar-refractivity contribution >= 4 is 22.7 Å². The Morgan fingerprint density at radius 3 is 2.35 bits per heavy atom. The molecule has 7 nitrogen and oxygen atoms in total. The van der Waals surface area contributed by atoms with Gasteiger partial charge in [0.1, 0.15) is 17.7 Å². The summed E-state index contributed by atoms with van der Waals surface area (Å²) in [7, 11) is 0. The number of alkyl halides is 2. The number of benzene rings is 2. The van der Waals surface area contributed by atoms with Crippen LogP contribution in [0.15, 0.2) is 59.3 Å². The highest BCUT2D eigenvalue weighted by Crippen LogP contribution is 2.50. The number of nitrogens with zero attached hydrogens (tertiary/aromatic N) is 3. The van der Waals surface area contributed by atoms with E-state index in [0.717, 1.165) is 29.7 Å². The molecular weight excluding hydrogens is 514 g/mol. The van der Waals surface area contributed by atoms with E-state index in [9.17, 15) is 18.4 Å². The third-order valence-electron chi connectivity index (χ3n) is 8.20. The van der Waals surface area contributed by atoms with Crippen molar-refractivity contribution in [2.75, 3.05) is 0 Å². The van der Waals surface area contributed by atoms with Crippen molar-refractivity contribution in [3.8, 4) is 29.2 Å². The lowest BCUT2D eigenvalue weighted by Crippen LogP contribution is -2.58. The molecule has 0 radical (unpaired) electrons. The molecule has 2 aromatic heterocycles. The van der Waals surface area contributed by atoms with Crippen molar-refractivity contribution in [2.24, 2.45) is 5.41 Å². The monoisotopic (exact) mass is 542 g/mol. The van der Waals surface area contributed by atoms with Gasteiger partial charge < -0.3 is 9.73 Å². The van der Waals surface area contributed by atoms with Crippen molar-refractivity contribution in [3.63, 3.8) is 0 Å². The summed E-state index contributed by atoms with van der Waals surface area (Å²) in [6.07, 6.45) is 7.59. The maximum absolute atomic E-state index is 14.0. The van der Waals surface area contributed by atoms with Crippen LogP contribution in [0.2, 0.25) is 0 Å². The zero-order chi connectivity index (χ0) is 28.1. The number of amides is 1. The summed E-state index contributed by atoms with van der Waals surface area (Å²) in [5.41, 5.74) is 1.30. The van der Waals surface area contributed by atoms with Gasteiger partial charge in [-0.1, -0.05) is 30.2 Å². The number of hydrogen-bond donors (Lipinski definition) is 1. The average molecular weight is 543 g/mol. The van der Waals surface area contributed by atoms with Crippen LogP contribution in [0, 0.1) is 24.7 Å². The minimum Gasteiger partial charge on any atom is -0.451 e. The molecule has 9 heteroatoms. The number of aromatic nitrogens is 3. The van der Waals surface area contributed by atoms with Crippen LogP contribution >= 0.6 is 0 Å². The number of halogens is 2. The number of aryl methyl sites for hydroxylation is 1. The molecule has 2 aromatic carbocycles. The molecule has 0 spiro atoms. The number of rotatable bonds is 7. The van der Waals surface area contributed by atoms with Gasteiger partial charge in [0.15, 0.2) is 11.5 Å². The van der Waals surface area contributed by atoms with Gasteiger partial charge in [0.25, 0.3) is 5.91 Å². The fourth-order valence-electron chi connectivity index (χ4n) is 5.39. The van der Waals surface area contributed by atoms with E-state index in [0.29, 0.717) is 16.8 Å². The molecule has 1 N–H and O–H groups in total. The Balaban J connectivity index is 1.23. The SMILES string of the molecule is C#CC1(CC(=O)C2(NC(=O)c3cc4ccc(-c5ccc(-n6cnc(C)n6)cc5)cc4o3)CCC(F)(F)CC2)CC1. The lowest BCUT2D eigenvalue weighted by Gasteiger charge is -2.39. The third-order valence-corrected chi connectivity index (χ3v) is 8.20. The highest BCUT2D eigenvalue weighted by Gasteiger charge is 2.52. The first-order valence-electron chi connectivity index (χ1n) is 13.3. The highest BCUT2D eigenvalue weighted by molar-refractivity contribution is 6.01. The Morgan fingerprint density at radius 1 is 1.02 bits per heavy atom. The molecular formula is C31H28F2N4O3. The van der Waals surface area contributed by atoms with Crippen LogP contribution in [0.1, 0.15) is 61.3 Å². The van der Waals surface area contributed by atoms with Crippen LogP contribution in [-0.4, -0.2) is 37.9 Å². The second-order valence-corrected chi connectivity index (χ2v) is 11.1. The van der Waals surface area contributed by atoms with Crippen molar-refractivity contribution in [3.05, 3.63) is 66.4 Å². The van der Waals surface area contributed by atoms with Crippen molar-refractivity contribution in [1.29, 1.82) is 0 Å². The quantitative estimate of drug-likeness (QED) is 0.288. The zero-order valence-electron chi connectivity index (χ0n) is 22.0. The van der Waals surface area contributed by atoms with E-state index >= 15 is 0 Å². The number of furan rings is 1. The number of carbonyl (C=O) groups excluding carboxylic acids is 2. The second kappa shape index (κ2) is 9.40. The molecule has 4 aromatic rings. The van der Waals surface area contributed by atoms with E-state index in [-0.39, 0.29) is 30.8 Å². The topological polar surface area (TPSA) is 90.0 Å². The summed E-state index contributed by atoms with van der Waals surface area (Å²) in [4.78, 5) is 30.9. The second-order valence-electron chi connectivity index (χ2n) is 11.1. The van der Waals surface area contributed by atoms with E-state index in [1.54, 1.807) is 17.1 Å². The van der Waals surface area contributed by atoms with Crippen molar-refractivity contribution in [1.82, 2.24) is 20.1 Å². The van der Waals surface area contributed by atoms with Gasteiger partial charge >= 0.3 is 0 Å². The Labute approximate surface area is 230 Å². The van der Waals surface area contributed by atoms with E-state index in [1.165, 1.54) is 0 Å². The van der Waals surface area contributed by atoms with E-state index in [1.807, 2.05) is 49.4 Å². The van der Waals surface area contributed by atoms with Gasteiger partial charge in [-0.05, 0) is 68.0 Å². The molecule has 0 saturated heterocycles. The fraction of sp³-hybridized carbons (Fsp3) is 0.355. The maximum atomic E-state index is 14.0. The van der Waals surface area contributed by atoms with Crippen LogP contribution in [0.3, 0.4) is 0 Å². The molecule has 40 heavy (non-hydrogen) atoms. The first-order chi connectivity index (χ1) is 19.1. The van der Waals surface area contributed by atoms with Crippen molar-refractivity contribution in [2.45, 2.75) is 63.3 Å².